The van der Waals surface area contributed by atoms with Crippen LogP contribution in [0.2, 0.25) is 0 Å². The molecule has 3 fully saturated rings. The lowest BCUT2D eigenvalue weighted by atomic mass is 9.78. The second kappa shape index (κ2) is 7.80. The van der Waals surface area contributed by atoms with Crippen LogP contribution in [0.4, 0.5) is 5.69 Å². The number of rotatable bonds is 4. The Balaban J connectivity index is 1.36. The number of likely N-dealkylation sites (tertiary alicyclic amines) is 2. The Hall–Kier alpha value is -1.59. The number of hydrogen-bond donors (Lipinski definition) is 1. The first kappa shape index (κ1) is 18.8. The molecule has 0 radical (unpaired) electrons. The zero-order valence-electron chi connectivity index (χ0n) is 16.6. The number of β-amino-alcohol motifs (C(OH)–C–C–N with tert-alkyl or cyclic N) is 1. The van der Waals surface area contributed by atoms with Crippen molar-refractivity contribution in [2.45, 2.75) is 45.1 Å². The number of benzene rings is 1. The number of amides is 1. The molecule has 0 aromatic heterocycles. The van der Waals surface area contributed by atoms with Gasteiger partial charge in [0.05, 0.1) is 12.0 Å². The van der Waals surface area contributed by atoms with Crippen molar-refractivity contribution in [1.29, 1.82) is 0 Å². The molecule has 1 atom stereocenters. The van der Waals surface area contributed by atoms with Crippen LogP contribution in [0, 0.1) is 12.3 Å². The standard InChI is InChI=1S/C22H33N3O2/c1-18-5-2-3-6-20(18)23-12-7-19(8-13-23)25-14-10-22(17-25)9-4-11-24(15-16-26)21(22)27/h2-3,5-6,19,26H,4,7-17H2,1H3/t22-/m0/s1. The zero-order valence-corrected chi connectivity index (χ0v) is 16.6. The van der Waals surface area contributed by atoms with Gasteiger partial charge in [-0.3, -0.25) is 9.69 Å². The van der Waals surface area contributed by atoms with Crippen molar-refractivity contribution in [2.75, 3.05) is 50.8 Å². The average Bonchev–Trinajstić information content (AvgIpc) is 3.11. The molecule has 1 aromatic carbocycles. The van der Waals surface area contributed by atoms with E-state index >= 15 is 0 Å². The third-order valence-electron chi connectivity index (χ3n) is 7.01. The van der Waals surface area contributed by atoms with Crippen molar-refractivity contribution >= 4 is 11.6 Å². The molecular formula is C22H33N3O2. The molecule has 4 rings (SSSR count). The summed E-state index contributed by atoms with van der Waals surface area (Å²) in [5.41, 5.74) is 2.55. The first-order valence-corrected chi connectivity index (χ1v) is 10.6. The van der Waals surface area contributed by atoms with Crippen molar-refractivity contribution in [3.8, 4) is 0 Å². The van der Waals surface area contributed by atoms with Gasteiger partial charge in [-0.25, -0.2) is 0 Å². The average molecular weight is 372 g/mol. The molecule has 5 heteroatoms. The lowest BCUT2D eigenvalue weighted by Crippen LogP contribution is -2.52. The van der Waals surface area contributed by atoms with Gasteiger partial charge in [-0.05, 0) is 57.2 Å². The fourth-order valence-electron chi connectivity index (χ4n) is 5.47. The van der Waals surface area contributed by atoms with Crippen molar-refractivity contribution in [3.05, 3.63) is 29.8 Å². The van der Waals surface area contributed by atoms with Gasteiger partial charge in [-0.2, -0.15) is 0 Å². The number of carbonyl (C=O) groups excluding carboxylic acids is 1. The van der Waals surface area contributed by atoms with Crippen molar-refractivity contribution < 1.29 is 9.90 Å². The third-order valence-corrected chi connectivity index (χ3v) is 7.01. The van der Waals surface area contributed by atoms with E-state index in [4.69, 9.17) is 0 Å². The van der Waals surface area contributed by atoms with Gasteiger partial charge < -0.3 is 14.9 Å². The summed E-state index contributed by atoms with van der Waals surface area (Å²) in [5, 5.41) is 9.25. The van der Waals surface area contributed by atoms with E-state index in [-0.39, 0.29) is 12.0 Å². The van der Waals surface area contributed by atoms with E-state index in [0.717, 1.165) is 52.0 Å². The molecule has 0 unspecified atom stereocenters. The highest BCUT2D eigenvalue weighted by Crippen LogP contribution is 2.41. The predicted octanol–water partition coefficient (Wildman–Crippen LogP) is 2.27. The Morgan fingerprint density at radius 1 is 1.11 bits per heavy atom. The van der Waals surface area contributed by atoms with Crippen LogP contribution in [-0.2, 0) is 4.79 Å². The number of aliphatic hydroxyl groups is 1. The number of aliphatic hydroxyl groups excluding tert-OH is 1. The molecule has 5 nitrogen and oxygen atoms in total. The van der Waals surface area contributed by atoms with Gasteiger partial charge in [-0.15, -0.1) is 0 Å². The van der Waals surface area contributed by atoms with Gasteiger partial charge >= 0.3 is 0 Å². The van der Waals surface area contributed by atoms with Crippen molar-refractivity contribution in [3.63, 3.8) is 0 Å². The third kappa shape index (κ3) is 3.59. The summed E-state index contributed by atoms with van der Waals surface area (Å²) in [7, 11) is 0. The Kier molecular flexibility index (Phi) is 5.42. The van der Waals surface area contributed by atoms with Crippen LogP contribution in [0.5, 0.6) is 0 Å². The molecule has 1 amide bonds. The van der Waals surface area contributed by atoms with Gasteiger partial charge in [-0.1, -0.05) is 18.2 Å². The summed E-state index contributed by atoms with van der Waals surface area (Å²) in [5.74, 6) is 0.294. The largest absolute Gasteiger partial charge is 0.395 e. The maximum Gasteiger partial charge on any atom is 0.230 e. The highest BCUT2D eigenvalue weighted by Gasteiger charge is 2.49. The minimum Gasteiger partial charge on any atom is -0.395 e. The topological polar surface area (TPSA) is 47.0 Å². The van der Waals surface area contributed by atoms with E-state index in [9.17, 15) is 9.90 Å². The van der Waals surface area contributed by atoms with Crippen molar-refractivity contribution in [2.24, 2.45) is 5.41 Å². The monoisotopic (exact) mass is 371 g/mol. The number of carbonyl (C=O) groups is 1. The smallest absolute Gasteiger partial charge is 0.230 e. The molecular weight excluding hydrogens is 338 g/mol. The molecule has 0 saturated carbocycles. The van der Waals surface area contributed by atoms with E-state index in [1.54, 1.807) is 0 Å². The highest BCUT2D eigenvalue weighted by molar-refractivity contribution is 5.84. The molecule has 27 heavy (non-hydrogen) atoms. The maximum atomic E-state index is 13.0. The van der Waals surface area contributed by atoms with Gasteiger partial charge in [0.25, 0.3) is 0 Å². The molecule has 0 bridgehead atoms. The molecule has 3 aliphatic rings. The number of anilines is 1. The number of para-hydroxylation sites is 1. The fourth-order valence-corrected chi connectivity index (χ4v) is 5.47. The van der Waals surface area contributed by atoms with Crippen LogP contribution in [0.15, 0.2) is 24.3 Å². The number of hydrogen-bond acceptors (Lipinski definition) is 4. The summed E-state index contributed by atoms with van der Waals surface area (Å²) in [6, 6.07) is 9.27. The fraction of sp³-hybridized carbons (Fsp3) is 0.682. The number of aryl methyl sites for hydroxylation is 1. The summed E-state index contributed by atoms with van der Waals surface area (Å²) >= 11 is 0. The van der Waals surface area contributed by atoms with Crippen LogP contribution < -0.4 is 4.90 Å². The summed E-state index contributed by atoms with van der Waals surface area (Å²) < 4.78 is 0. The Labute approximate surface area is 162 Å². The quantitative estimate of drug-likeness (QED) is 0.882. The van der Waals surface area contributed by atoms with Crippen LogP contribution in [0.3, 0.4) is 0 Å². The predicted molar refractivity (Wildman–Crippen MR) is 108 cm³/mol. The minimum atomic E-state index is -0.180. The normalized spacial score (nSPS) is 27.7. The van der Waals surface area contributed by atoms with Gasteiger partial charge in [0.1, 0.15) is 0 Å². The molecule has 1 aromatic rings. The van der Waals surface area contributed by atoms with Crippen LogP contribution in [0.1, 0.15) is 37.7 Å². The van der Waals surface area contributed by atoms with E-state index in [2.05, 4.69) is 41.0 Å². The van der Waals surface area contributed by atoms with E-state index in [0.29, 0.717) is 18.5 Å². The van der Waals surface area contributed by atoms with Crippen LogP contribution >= 0.6 is 0 Å². The van der Waals surface area contributed by atoms with E-state index in [1.165, 1.54) is 24.1 Å². The van der Waals surface area contributed by atoms with Gasteiger partial charge in [0, 0.05) is 44.5 Å². The molecule has 148 valence electrons. The van der Waals surface area contributed by atoms with E-state index in [1.807, 2.05) is 4.90 Å². The first-order valence-electron chi connectivity index (χ1n) is 10.6. The zero-order chi connectivity index (χ0) is 18.9. The lowest BCUT2D eigenvalue weighted by molar-refractivity contribution is -0.146. The molecule has 1 N–H and O–H groups in total. The SMILES string of the molecule is Cc1ccccc1N1CCC(N2CC[C@@]3(CCCN(CCO)C3=O)C2)CC1. The van der Waals surface area contributed by atoms with E-state index < -0.39 is 0 Å². The Bertz CT molecular complexity index is 669. The summed E-state index contributed by atoms with van der Waals surface area (Å²) in [6.07, 6.45) is 5.45. The number of nitrogens with zero attached hydrogens (tertiary/aromatic N) is 3. The van der Waals surface area contributed by atoms with Crippen LogP contribution in [0.25, 0.3) is 0 Å². The Morgan fingerprint density at radius 2 is 1.89 bits per heavy atom. The minimum absolute atomic E-state index is 0.0723. The van der Waals surface area contributed by atoms with Crippen molar-refractivity contribution in [1.82, 2.24) is 9.80 Å². The second-order valence-corrected chi connectivity index (χ2v) is 8.62. The molecule has 3 saturated heterocycles. The lowest BCUT2D eigenvalue weighted by Gasteiger charge is -2.41. The summed E-state index contributed by atoms with van der Waals surface area (Å²) in [4.78, 5) is 20.0. The van der Waals surface area contributed by atoms with Gasteiger partial charge in [0.2, 0.25) is 5.91 Å². The van der Waals surface area contributed by atoms with Gasteiger partial charge in [0.15, 0.2) is 0 Å². The molecule has 3 aliphatic heterocycles. The maximum absolute atomic E-state index is 13.0. The Morgan fingerprint density at radius 3 is 2.63 bits per heavy atom. The summed E-state index contributed by atoms with van der Waals surface area (Å²) in [6.45, 7) is 7.75. The molecule has 1 spiro atoms. The highest BCUT2D eigenvalue weighted by atomic mass is 16.3. The first-order chi connectivity index (χ1) is 13.1. The molecule has 3 heterocycles. The van der Waals surface area contributed by atoms with Crippen LogP contribution in [-0.4, -0.2) is 72.7 Å². The number of piperidine rings is 2. The molecule has 0 aliphatic carbocycles. The second-order valence-electron chi connectivity index (χ2n) is 8.62.